The monoisotopic (exact) mass is 278 g/mol. The van der Waals surface area contributed by atoms with Gasteiger partial charge in [-0.05, 0) is 42.9 Å². The fourth-order valence-electron chi connectivity index (χ4n) is 1.84. The van der Waals surface area contributed by atoms with Crippen molar-refractivity contribution in [3.8, 4) is 5.75 Å². The zero-order valence-electron chi connectivity index (χ0n) is 12.8. The highest BCUT2D eigenvalue weighted by atomic mass is 16.3. The summed E-state index contributed by atoms with van der Waals surface area (Å²) in [7, 11) is 0. The molecule has 0 aliphatic heterocycles. The Labute approximate surface area is 121 Å². The third-order valence-corrected chi connectivity index (χ3v) is 3.41. The third kappa shape index (κ3) is 5.21. The van der Waals surface area contributed by atoms with Crippen LogP contribution in [-0.2, 0) is 11.2 Å². The minimum atomic E-state index is -0.501. The van der Waals surface area contributed by atoms with Crippen LogP contribution in [0.4, 0.5) is 0 Å². The number of hydrogen-bond donors (Lipinski definition) is 3. The van der Waals surface area contributed by atoms with Gasteiger partial charge >= 0.3 is 0 Å². The average Bonchev–Trinajstić information content (AvgIpc) is 2.36. The van der Waals surface area contributed by atoms with Crippen molar-refractivity contribution >= 4 is 5.91 Å². The lowest BCUT2D eigenvalue weighted by Gasteiger charge is -2.27. The summed E-state index contributed by atoms with van der Waals surface area (Å²) < 4.78 is 0. The van der Waals surface area contributed by atoms with E-state index in [9.17, 15) is 9.90 Å². The van der Waals surface area contributed by atoms with Gasteiger partial charge in [0, 0.05) is 6.04 Å². The van der Waals surface area contributed by atoms with E-state index < -0.39 is 6.04 Å². The highest BCUT2D eigenvalue weighted by Crippen LogP contribution is 2.17. The van der Waals surface area contributed by atoms with Gasteiger partial charge < -0.3 is 16.2 Å². The van der Waals surface area contributed by atoms with Crippen LogP contribution in [0.5, 0.6) is 5.75 Å². The van der Waals surface area contributed by atoms with E-state index in [1.165, 1.54) is 0 Å². The summed E-state index contributed by atoms with van der Waals surface area (Å²) in [6.07, 6.45) is 1.69. The minimum absolute atomic E-state index is 0.0738. The molecule has 4 heteroatoms. The Hall–Kier alpha value is -1.55. The summed E-state index contributed by atoms with van der Waals surface area (Å²) in [5.74, 6) is 0.168. The molecule has 20 heavy (non-hydrogen) atoms. The second-order valence-corrected chi connectivity index (χ2v) is 6.46. The van der Waals surface area contributed by atoms with Crippen molar-refractivity contribution in [1.29, 1.82) is 0 Å². The molecule has 112 valence electrons. The summed E-state index contributed by atoms with van der Waals surface area (Å²) in [5.41, 5.74) is 6.83. The number of carbonyl (C=O) groups excluding carboxylic acids is 1. The Bertz CT molecular complexity index is 435. The van der Waals surface area contributed by atoms with E-state index in [0.29, 0.717) is 0 Å². The van der Waals surface area contributed by atoms with Crippen molar-refractivity contribution in [1.82, 2.24) is 5.32 Å². The van der Waals surface area contributed by atoms with Gasteiger partial charge in [-0.3, -0.25) is 4.79 Å². The van der Waals surface area contributed by atoms with Crippen molar-refractivity contribution in [2.75, 3.05) is 0 Å². The molecule has 1 amide bonds. The Morgan fingerprint density at radius 2 is 1.85 bits per heavy atom. The molecule has 0 aromatic heterocycles. The standard InChI is InChI=1S/C16H26N2O2/c1-11(18-15(20)14(17)16(2,3)4)5-6-12-7-9-13(19)10-8-12/h7-11,14,19H,5-6,17H2,1-4H3,(H,18,20)/t11?,14-/m1/s1. The molecule has 1 aromatic rings. The first-order valence-corrected chi connectivity index (χ1v) is 7.04. The molecule has 0 saturated heterocycles. The number of benzene rings is 1. The maximum atomic E-state index is 12.0. The van der Waals surface area contributed by atoms with Crippen LogP contribution in [0.3, 0.4) is 0 Å². The van der Waals surface area contributed by atoms with Crippen molar-refractivity contribution in [2.24, 2.45) is 11.1 Å². The Morgan fingerprint density at radius 1 is 1.30 bits per heavy atom. The second kappa shape index (κ2) is 6.75. The van der Waals surface area contributed by atoms with Crippen LogP contribution in [-0.4, -0.2) is 23.1 Å². The normalized spacial score (nSPS) is 14.7. The number of phenolic OH excluding ortho intramolecular Hbond substituents is 1. The molecule has 4 N–H and O–H groups in total. The van der Waals surface area contributed by atoms with Crippen molar-refractivity contribution in [3.63, 3.8) is 0 Å². The lowest BCUT2D eigenvalue weighted by atomic mass is 9.87. The van der Waals surface area contributed by atoms with Crippen molar-refractivity contribution < 1.29 is 9.90 Å². The predicted molar refractivity (Wildman–Crippen MR) is 81.5 cm³/mol. The third-order valence-electron chi connectivity index (χ3n) is 3.41. The number of aryl methyl sites for hydroxylation is 1. The summed E-state index contributed by atoms with van der Waals surface area (Å²) in [5, 5.41) is 12.2. The molecule has 0 fully saturated rings. The second-order valence-electron chi connectivity index (χ2n) is 6.46. The van der Waals surface area contributed by atoms with Crippen LogP contribution in [0.15, 0.2) is 24.3 Å². The molecule has 0 spiro atoms. The van der Waals surface area contributed by atoms with E-state index in [1.54, 1.807) is 12.1 Å². The predicted octanol–water partition coefficient (Wildman–Crippen LogP) is 2.20. The molecule has 0 saturated carbocycles. The summed E-state index contributed by atoms with van der Waals surface area (Å²) >= 11 is 0. The maximum Gasteiger partial charge on any atom is 0.237 e. The van der Waals surface area contributed by atoms with Gasteiger partial charge in [0.2, 0.25) is 5.91 Å². The fraction of sp³-hybridized carbons (Fsp3) is 0.562. The van der Waals surface area contributed by atoms with Crippen LogP contribution in [0.25, 0.3) is 0 Å². The molecule has 1 unspecified atom stereocenters. The number of rotatable bonds is 5. The van der Waals surface area contributed by atoms with E-state index in [2.05, 4.69) is 5.32 Å². The van der Waals surface area contributed by atoms with Gasteiger partial charge in [0.15, 0.2) is 0 Å². The molecule has 1 aromatic carbocycles. The molecule has 1 rings (SSSR count). The molecule has 0 radical (unpaired) electrons. The Balaban J connectivity index is 2.42. The first-order chi connectivity index (χ1) is 9.20. The number of aromatic hydroxyl groups is 1. The van der Waals surface area contributed by atoms with Crippen LogP contribution in [0.2, 0.25) is 0 Å². The van der Waals surface area contributed by atoms with E-state index in [1.807, 2.05) is 39.8 Å². The van der Waals surface area contributed by atoms with E-state index in [0.717, 1.165) is 18.4 Å². The zero-order chi connectivity index (χ0) is 15.3. The Kier molecular flexibility index (Phi) is 5.57. The fourth-order valence-corrected chi connectivity index (χ4v) is 1.84. The number of amides is 1. The van der Waals surface area contributed by atoms with Crippen LogP contribution >= 0.6 is 0 Å². The first kappa shape index (κ1) is 16.5. The molecule has 4 nitrogen and oxygen atoms in total. The molecular formula is C16H26N2O2. The van der Waals surface area contributed by atoms with Crippen molar-refractivity contribution in [3.05, 3.63) is 29.8 Å². The largest absolute Gasteiger partial charge is 0.508 e. The topological polar surface area (TPSA) is 75.3 Å². The number of phenols is 1. The smallest absolute Gasteiger partial charge is 0.237 e. The van der Waals surface area contributed by atoms with E-state index in [-0.39, 0.29) is 23.1 Å². The van der Waals surface area contributed by atoms with E-state index in [4.69, 9.17) is 5.73 Å². The summed E-state index contributed by atoms with van der Waals surface area (Å²) in [6, 6.07) is 6.71. The zero-order valence-corrected chi connectivity index (χ0v) is 12.8. The molecule has 0 bridgehead atoms. The lowest BCUT2D eigenvalue weighted by molar-refractivity contribution is -0.125. The Morgan fingerprint density at radius 3 is 2.35 bits per heavy atom. The number of hydrogen-bond acceptors (Lipinski definition) is 3. The van der Waals surface area contributed by atoms with Gasteiger partial charge in [0.25, 0.3) is 0 Å². The van der Waals surface area contributed by atoms with Crippen LogP contribution in [0.1, 0.15) is 39.7 Å². The average molecular weight is 278 g/mol. The first-order valence-electron chi connectivity index (χ1n) is 7.04. The molecule has 2 atom stereocenters. The van der Waals surface area contributed by atoms with Gasteiger partial charge in [0.05, 0.1) is 6.04 Å². The van der Waals surface area contributed by atoms with Crippen molar-refractivity contribution in [2.45, 2.75) is 52.6 Å². The number of nitrogens with two attached hydrogens (primary N) is 1. The molecule has 0 aliphatic carbocycles. The van der Waals surface area contributed by atoms with Crippen LogP contribution in [0, 0.1) is 5.41 Å². The highest BCUT2D eigenvalue weighted by Gasteiger charge is 2.27. The maximum absolute atomic E-state index is 12.0. The SMILES string of the molecule is CC(CCc1ccc(O)cc1)NC(=O)[C@@H](N)C(C)(C)C. The lowest BCUT2D eigenvalue weighted by Crippen LogP contribution is -2.50. The minimum Gasteiger partial charge on any atom is -0.508 e. The molecular weight excluding hydrogens is 252 g/mol. The molecule has 0 aliphatic rings. The number of carbonyl (C=O) groups is 1. The van der Waals surface area contributed by atoms with Gasteiger partial charge in [-0.2, -0.15) is 0 Å². The summed E-state index contributed by atoms with van der Waals surface area (Å²) in [6.45, 7) is 7.85. The summed E-state index contributed by atoms with van der Waals surface area (Å²) in [4.78, 5) is 12.0. The van der Waals surface area contributed by atoms with Gasteiger partial charge in [-0.15, -0.1) is 0 Å². The van der Waals surface area contributed by atoms with Crippen LogP contribution < -0.4 is 11.1 Å². The molecule has 0 heterocycles. The van der Waals surface area contributed by atoms with Gasteiger partial charge in [0.1, 0.15) is 5.75 Å². The number of nitrogens with one attached hydrogen (secondary N) is 1. The van der Waals surface area contributed by atoms with Gasteiger partial charge in [-0.1, -0.05) is 32.9 Å². The highest BCUT2D eigenvalue weighted by molar-refractivity contribution is 5.82. The van der Waals surface area contributed by atoms with Gasteiger partial charge in [-0.25, -0.2) is 0 Å². The van der Waals surface area contributed by atoms with E-state index >= 15 is 0 Å². The quantitative estimate of drug-likeness (QED) is 0.773.